The van der Waals surface area contributed by atoms with Crippen LogP contribution in [0.4, 0.5) is 28.9 Å². The first-order chi connectivity index (χ1) is 19.9. The molecule has 0 aliphatic rings. The highest BCUT2D eigenvalue weighted by atomic mass is 32.1. The van der Waals surface area contributed by atoms with Gasteiger partial charge in [0.05, 0.1) is 10.6 Å². The van der Waals surface area contributed by atoms with Crippen LogP contribution in [-0.4, -0.2) is 21.7 Å². The van der Waals surface area contributed by atoms with Gasteiger partial charge in [-0.05, 0) is 53.6 Å². The molecule has 42 heavy (non-hydrogen) atoms. The highest BCUT2D eigenvalue weighted by molar-refractivity contribution is 7.21. The number of aromatic nitrogens is 1. The highest BCUT2D eigenvalue weighted by Crippen LogP contribution is 2.43. The number of nitrogens with one attached hydrogen (secondary N) is 1. The molecule has 10 nitrogen and oxygen atoms in total. The number of fused-ring (bicyclic) bond motifs is 1. The number of anilines is 1. The van der Waals surface area contributed by atoms with Gasteiger partial charge in [-0.1, -0.05) is 12.1 Å². The predicted molar refractivity (Wildman–Crippen MR) is 143 cm³/mol. The number of amides is 2. The summed E-state index contributed by atoms with van der Waals surface area (Å²) in [6.07, 6.45) is -4.84. The van der Waals surface area contributed by atoms with E-state index in [4.69, 9.17) is 14.9 Å². The molecule has 0 aliphatic heterocycles. The summed E-state index contributed by atoms with van der Waals surface area (Å²) in [4.78, 5) is 38.8. The Morgan fingerprint density at radius 3 is 2.38 bits per heavy atom. The zero-order valence-corrected chi connectivity index (χ0v) is 21.7. The summed E-state index contributed by atoms with van der Waals surface area (Å²) < 4.78 is 65.6. The first-order valence-electron chi connectivity index (χ1n) is 11.8. The standard InChI is InChI=1S/C27H16F4N4O6S/c28-14-3-1-13(2-4-14)18-11-20(27(29,30)31)33-26-21(18)22(23(42-26)24(32)36)34-25(37)19-10-9-17(41-19)12-40-16-7-5-15(6-8-16)35(38)39/h1-11H,12H2,(H2,32,36)(H,34,37). The van der Waals surface area contributed by atoms with Crippen molar-refractivity contribution in [3.05, 3.63) is 105 Å². The maximum atomic E-state index is 13.7. The topological polar surface area (TPSA) is 151 Å². The van der Waals surface area contributed by atoms with Crippen LogP contribution in [-0.2, 0) is 12.8 Å². The number of nitrogens with zero attached hydrogens (tertiary/aromatic N) is 2. The molecular weight excluding hydrogens is 584 g/mol. The maximum Gasteiger partial charge on any atom is 0.433 e. The van der Waals surface area contributed by atoms with Crippen molar-refractivity contribution in [2.45, 2.75) is 12.8 Å². The monoisotopic (exact) mass is 600 g/mol. The van der Waals surface area contributed by atoms with E-state index in [1.54, 1.807) is 0 Å². The van der Waals surface area contributed by atoms with E-state index in [0.29, 0.717) is 17.1 Å². The van der Waals surface area contributed by atoms with Crippen molar-refractivity contribution in [2.24, 2.45) is 5.73 Å². The number of nitro benzene ring substituents is 1. The molecule has 2 amide bonds. The summed E-state index contributed by atoms with van der Waals surface area (Å²) in [5, 5.41) is 13.3. The molecule has 3 aromatic heterocycles. The van der Waals surface area contributed by atoms with Crippen LogP contribution in [0.1, 0.15) is 31.7 Å². The van der Waals surface area contributed by atoms with E-state index < -0.39 is 34.4 Å². The summed E-state index contributed by atoms with van der Waals surface area (Å²) in [6, 6.07) is 13.4. The minimum Gasteiger partial charge on any atom is -0.486 e. The van der Waals surface area contributed by atoms with Gasteiger partial charge in [0.1, 0.15) is 39.3 Å². The molecule has 3 N–H and O–H groups in total. The number of primary amides is 1. The molecule has 214 valence electrons. The lowest BCUT2D eigenvalue weighted by Gasteiger charge is -2.12. The van der Waals surface area contributed by atoms with Gasteiger partial charge < -0.3 is 20.2 Å². The second-order valence-corrected chi connectivity index (χ2v) is 9.67. The number of alkyl halides is 3. The van der Waals surface area contributed by atoms with Crippen molar-refractivity contribution < 1.29 is 41.2 Å². The third-order valence-corrected chi connectivity index (χ3v) is 6.98. The number of carbonyl (C=O) groups excluding carboxylic acids is 2. The van der Waals surface area contributed by atoms with Gasteiger partial charge in [0, 0.05) is 17.5 Å². The van der Waals surface area contributed by atoms with Crippen molar-refractivity contribution >= 4 is 44.7 Å². The predicted octanol–water partition coefficient (Wildman–Crippen LogP) is 6.55. The molecule has 0 spiro atoms. The molecule has 0 fully saturated rings. The van der Waals surface area contributed by atoms with Gasteiger partial charge in [0.15, 0.2) is 5.76 Å². The summed E-state index contributed by atoms with van der Waals surface area (Å²) in [5.41, 5.74) is 4.03. The number of halogens is 4. The Labute approximate surface area is 236 Å². The number of rotatable bonds is 8. The lowest BCUT2D eigenvalue weighted by molar-refractivity contribution is -0.384. The number of nitro groups is 1. The summed E-state index contributed by atoms with van der Waals surface area (Å²) >= 11 is 0.558. The fraction of sp³-hybridized carbons (Fsp3) is 0.0741. The largest absolute Gasteiger partial charge is 0.486 e. The van der Waals surface area contributed by atoms with Crippen LogP contribution in [0.3, 0.4) is 0 Å². The van der Waals surface area contributed by atoms with Crippen LogP contribution in [0.5, 0.6) is 5.75 Å². The van der Waals surface area contributed by atoms with E-state index in [1.807, 2.05) is 0 Å². The molecule has 0 saturated carbocycles. The fourth-order valence-corrected chi connectivity index (χ4v) is 4.97. The molecule has 0 saturated heterocycles. The van der Waals surface area contributed by atoms with Crippen LogP contribution in [0.2, 0.25) is 0 Å². The lowest BCUT2D eigenvalue weighted by atomic mass is 10.0. The first-order valence-corrected chi connectivity index (χ1v) is 12.6. The number of non-ortho nitro benzene ring substituents is 1. The smallest absolute Gasteiger partial charge is 0.433 e. The van der Waals surface area contributed by atoms with Gasteiger partial charge in [-0.3, -0.25) is 19.7 Å². The zero-order valence-electron chi connectivity index (χ0n) is 20.9. The van der Waals surface area contributed by atoms with Gasteiger partial charge in [0.25, 0.3) is 17.5 Å². The fourth-order valence-electron chi connectivity index (χ4n) is 3.96. The molecule has 5 rings (SSSR count). The number of hydrogen-bond donors (Lipinski definition) is 2. The van der Waals surface area contributed by atoms with Gasteiger partial charge in [0.2, 0.25) is 0 Å². The average molecular weight is 601 g/mol. The van der Waals surface area contributed by atoms with Crippen LogP contribution in [0.25, 0.3) is 21.3 Å². The van der Waals surface area contributed by atoms with E-state index in [1.165, 1.54) is 48.5 Å². The van der Waals surface area contributed by atoms with E-state index in [2.05, 4.69) is 10.3 Å². The SMILES string of the molecule is NC(=O)c1sc2nc(C(F)(F)F)cc(-c3ccc(F)cc3)c2c1NC(=O)c1ccc(COc2ccc([N+](=O)[O-])cc2)o1. The lowest BCUT2D eigenvalue weighted by Crippen LogP contribution is -2.16. The number of furan rings is 1. The summed E-state index contributed by atoms with van der Waals surface area (Å²) in [5.74, 6) is -2.23. The number of pyridine rings is 1. The number of benzene rings is 2. The Bertz CT molecular complexity index is 1830. The maximum absolute atomic E-state index is 13.7. The van der Waals surface area contributed by atoms with Gasteiger partial charge in [-0.2, -0.15) is 13.2 Å². The summed E-state index contributed by atoms with van der Waals surface area (Å²) in [7, 11) is 0. The van der Waals surface area contributed by atoms with E-state index in [9.17, 15) is 37.3 Å². The molecule has 15 heteroatoms. The highest BCUT2D eigenvalue weighted by Gasteiger charge is 2.35. The van der Waals surface area contributed by atoms with Crippen molar-refractivity contribution in [2.75, 3.05) is 5.32 Å². The van der Waals surface area contributed by atoms with Gasteiger partial charge in [-0.15, -0.1) is 11.3 Å². The van der Waals surface area contributed by atoms with Gasteiger partial charge in [-0.25, -0.2) is 9.37 Å². The molecule has 0 aliphatic carbocycles. The number of hydrogen-bond acceptors (Lipinski definition) is 8. The molecular formula is C27H16F4N4O6S. The Kier molecular flexibility index (Phi) is 7.34. The Morgan fingerprint density at radius 1 is 1.07 bits per heavy atom. The van der Waals surface area contributed by atoms with Crippen LogP contribution >= 0.6 is 11.3 Å². The van der Waals surface area contributed by atoms with Crippen LogP contribution < -0.4 is 15.8 Å². The van der Waals surface area contributed by atoms with Crippen molar-refractivity contribution in [1.82, 2.24) is 4.98 Å². The molecule has 2 aromatic carbocycles. The Morgan fingerprint density at radius 2 is 1.76 bits per heavy atom. The van der Waals surface area contributed by atoms with Crippen LogP contribution in [0.15, 0.2) is 71.1 Å². The molecule has 0 radical (unpaired) electrons. The van der Waals surface area contributed by atoms with Gasteiger partial charge >= 0.3 is 6.18 Å². The number of thiophene rings is 1. The van der Waals surface area contributed by atoms with Crippen molar-refractivity contribution in [1.29, 1.82) is 0 Å². The van der Waals surface area contributed by atoms with E-state index in [0.717, 1.165) is 18.2 Å². The summed E-state index contributed by atoms with van der Waals surface area (Å²) in [6.45, 7) is -0.141. The third kappa shape index (κ3) is 5.76. The molecule has 3 heterocycles. The van der Waals surface area contributed by atoms with E-state index in [-0.39, 0.29) is 55.7 Å². The van der Waals surface area contributed by atoms with Crippen molar-refractivity contribution in [3.63, 3.8) is 0 Å². The Hall–Kier alpha value is -5.31. The molecule has 0 bridgehead atoms. The quantitative estimate of drug-likeness (QED) is 0.116. The zero-order chi connectivity index (χ0) is 30.2. The third-order valence-electron chi connectivity index (χ3n) is 5.88. The number of nitrogens with two attached hydrogens (primary N) is 1. The molecule has 0 atom stereocenters. The molecule has 0 unspecified atom stereocenters. The number of carbonyl (C=O) groups is 2. The minimum atomic E-state index is -4.84. The minimum absolute atomic E-state index is 0.00459. The second kappa shape index (κ2) is 10.9. The second-order valence-electron chi connectivity index (χ2n) is 8.67. The first kappa shape index (κ1) is 28.2. The normalized spacial score (nSPS) is 11.4. The van der Waals surface area contributed by atoms with E-state index >= 15 is 0 Å². The van der Waals surface area contributed by atoms with Crippen molar-refractivity contribution in [3.8, 4) is 16.9 Å². The number of ether oxygens (including phenoxy) is 1. The Balaban J connectivity index is 1.47. The average Bonchev–Trinajstić information content (AvgIpc) is 3.57. The molecule has 5 aromatic rings. The van der Waals surface area contributed by atoms with Crippen LogP contribution in [0, 0.1) is 15.9 Å².